The smallest absolute Gasteiger partial charge is 0.251 e. The summed E-state index contributed by atoms with van der Waals surface area (Å²) in [7, 11) is -3.55. The lowest BCUT2D eigenvalue weighted by Gasteiger charge is -2.16. The number of nitrogens with two attached hydrogens (primary N) is 1. The van der Waals surface area contributed by atoms with Crippen LogP contribution in [0.25, 0.3) is 0 Å². The van der Waals surface area contributed by atoms with E-state index in [9.17, 15) is 13.2 Å². The largest absolute Gasteiger partial charge is 0.348 e. The Bertz CT molecular complexity index is 666. The Labute approximate surface area is 130 Å². The van der Waals surface area contributed by atoms with Crippen molar-refractivity contribution in [2.75, 3.05) is 6.54 Å². The number of hydrogen-bond donors (Lipinski definition) is 3. The molecule has 0 spiro atoms. The second kappa shape index (κ2) is 5.98. The van der Waals surface area contributed by atoms with Crippen molar-refractivity contribution in [3.05, 3.63) is 29.8 Å². The van der Waals surface area contributed by atoms with E-state index in [0.29, 0.717) is 18.0 Å². The second-order valence-corrected chi connectivity index (χ2v) is 7.79. The lowest BCUT2D eigenvalue weighted by molar-refractivity contribution is 0.0933. The minimum absolute atomic E-state index is 0.0302. The molecule has 2 aliphatic carbocycles. The van der Waals surface area contributed by atoms with E-state index >= 15 is 0 Å². The Balaban J connectivity index is 1.73. The van der Waals surface area contributed by atoms with Crippen molar-refractivity contribution in [3.63, 3.8) is 0 Å². The van der Waals surface area contributed by atoms with E-state index in [-0.39, 0.29) is 22.9 Å². The Morgan fingerprint density at radius 2 is 2.00 bits per heavy atom. The maximum Gasteiger partial charge on any atom is 0.251 e. The molecular formula is C15H21N3O3S. The Morgan fingerprint density at radius 1 is 1.27 bits per heavy atom. The topological polar surface area (TPSA) is 101 Å². The van der Waals surface area contributed by atoms with Gasteiger partial charge in [-0.15, -0.1) is 0 Å². The zero-order valence-electron chi connectivity index (χ0n) is 12.3. The van der Waals surface area contributed by atoms with Crippen LogP contribution in [-0.4, -0.2) is 33.0 Å². The highest BCUT2D eigenvalue weighted by atomic mass is 32.2. The van der Waals surface area contributed by atoms with Gasteiger partial charge in [0.05, 0.1) is 4.90 Å². The predicted molar refractivity (Wildman–Crippen MR) is 82.8 cm³/mol. The summed E-state index contributed by atoms with van der Waals surface area (Å²) in [5.74, 6) is 0.184. The highest BCUT2D eigenvalue weighted by molar-refractivity contribution is 7.89. The van der Waals surface area contributed by atoms with Gasteiger partial charge in [-0.2, -0.15) is 0 Å². The highest BCUT2D eigenvalue weighted by Crippen LogP contribution is 2.32. The molecule has 3 rings (SSSR count). The van der Waals surface area contributed by atoms with Crippen LogP contribution in [0.15, 0.2) is 29.2 Å². The van der Waals surface area contributed by atoms with Crippen molar-refractivity contribution in [1.82, 2.24) is 10.0 Å². The molecule has 1 amide bonds. The van der Waals surface area contributed by atoms with Gasteiger partial charge < -0.3 is 11.1 Å². The van der Waals surface area contributed by atoms with Gasteiger partial charge in [0.15, 0.2) is 0 Å². The number of hydrogen-bond acceptors (Lipinski definition) is 4. The van der Waals surface area contributed by atoms with E-state index < -0.39 is 10.0 Å². The SMILES string of the molecule is NCC(NC(=O)c1cccc(S(=O)(=O)NC2CC2)c1)C1CC1. The minimum atomic E-state index is -3.55. The van der Waals surface area contributed by atoms with Gasteiger partial charge in [0.2, 0.25) is 10.0 Å². The van der Waals surface area contributed by atoms with Crippen LogP contribution in [0, 0.1) is 5.92 Å². The highest BCUT2D eigenvalue weighted by Gasteiger charge is 2.32. The van der Waals surface area contributed by atoms with E-state index in [2.05, 4.69) is 10.0 Å². The summed E-state index contributed by atoms with van der Waals surface area (Å²) in [4.78, 5) is 12.4. The molecule has 1 aromatic rings. The van der Waals surface area contributed by atoms with Gasteiger partial charge >= 0.3 is 0 Å². The number of benzene rings is 1. The first-order valence-electron chi connectivity index (χ1n) is 7.63. The molecule has 1 atom stereocenters. The quantitative estimate of drug-likeness (QED) is 0.683. The summed E-state index contributed by atoms with van der Waals surface area (Å²) in [6, 6.07) is 6.14. The van der Waals surface area contributed by atoms with Crippen molar-refractivity contribution in [1.29, 1.82) is 0 Å². The summed E-state index contributed by atoms with van der Waals surface area (Å²) in [6.45, 7) is 0.400. The van der Waals surface area contributed by atoms with E-state index in [1.54, 1.807) is 12.1 Å². The fraction of sp³-hybridized carbons (Fsp3) is 0.533. The molecule has 0 aromatic heterocycles. The molecular weight excluding hydrogens is 302 g/mol. The maximum absolute atomic E-state index is 12.3. The fourth-order valence-corrected chi connectivity index (χ4v) is 3.76. The number of nitrogens with one attached hydrogen (secondary N) is 2. The molecule has 1 unspecified atom stereocenters. The van der Waals surface area contributed by atoms with Gasteiger partial charge in [-0.3, -0.25) is 4.79 Å². The number of rotatable bonds is 7. The maximum atomic E-state index is 12.3. The third-order valence-electron chi connectivity index (χ3n) is 4.07. The van der Waals surface area contributed by atoms with Crippen molar-refractivity contribution < 1.29 is 13.2 Å². The number of amides is 1. The van der Waals surface area contributed by atoms with Crippen LogP contribution in [0.1, 0.15) is 36.0 Å². The predicted octanol–water partition coefficient (Wildman–Crippen LogP) is 0.594. The van der Waals surface area contributed by atoms with E-state index in [1.165, 1.54) is 12.1 Å². The molecule has 4 N–H and O–H groups in total. The molecule has 0 heterocycles. The van der Waals surface area contributed by atoms with Crippen LogP contribution >= 0.6 is 0 Å². The van der Waals surface area contributed by atoms with Gasteiger partial charge in [0.25, 0.3) is 5.91 Å². The van der Waals surface area contributed by atoms with Gasteiger partial charge in [0, 0.05) is 24.2 Å². The Hall–Kier alpha value is -1.44. The molecule has 6 nitrogen and oxygen atoms in total. The first-order chi connectivity index (χ1) is 10.5. The molecule has 120 valence electrons. The summed E-state index contributed by atoms with van der Waals surface area (Å²) in [6.07, 6.45) is 3.92. The molecule has 7 heteroatoms. The average molecular weight is 323 g/mol. The first kappa shape index (κ1) is 15.5. The normalized spacial score (nSPS) is 19.7. The molecule has 0 aliphatic heterocycles. The standard InChI is InChI=1S/C15H21N3O3S/c16-9-14(10-4-5-10)17-15(19)11-2-1-3-13(8-11)22(20,21)18-12-6-7-12/h1-3,8,10,12,14,18H,4-7,9,16H2,(H,17,19). The lowest BCUT2D eigenvalue weighted by Crippen LogP contribution is -2.41. The second-order valence-electron chi connectivity index (χ2n) is 6.08. The number of sulfonamides is 1. The molecule has 2 saturated carbocycles. The molecule has 0 saturated heterocycles. The zero-order chi connectivity index (χ0) is 15.7. The van der Waals surface area contributed by atoms with Crippen molar-refractivity contribution in [2.24, 2.45) is 11.7 Å². The van der Waals surface area contributed by atoms with Crippen molar-refractivity contribution in [3.8, 4) is 0 Å². The summed E-state index contributed by atoms with van der Waals surface area (Å²) < 4.78 is 27.0. The monoisotopic (exact) mass is 323 g/mol. The Kier molecular flexibility index (Phi) is 4.20. The fourth-order valence-electron chi connectivity index (χ4n) is 2.41. The molecule has 1 aromatic carbocycles. The summed E-state index contributed by atoms with van der Waals surface area (Å²) >= 11 is 0. The van der Waals surface area contributed by atoms with Gasteiger partial charge in [0.1, 0.15) is 0 Å². The van der Waals surface area contributed by atoms with Crippen molar-refractivity contribution >= 4 is 15.9 Å². The minimum Gasteiger partial charge on any atom is -0.348 e. The van der Waals surface area contributed by atoms with Crippen LogP contribution in [-0.2, 0) is 10.0 Å². The summed E-state index contributed by atoms with van der Waals surface area (Å²) in [5.41, 5.74) is 6.03. The van der Waals surface area contributed by atoms with Crippen LogP contribution in [0.5, 0.6) is 0 Å². The van der Waals surface area contributed by atoms with Crippen LogP contribution < -0.4 is 15.8 Å². The first-order valence-corrected chi connectivity index (χ1v) is 9.11. The molecule has 22 heavy (non-hydrogen) atoms. The van der Waals surface area contributed by atoms with Gasteiger partial charge in [-0.25, -0.2) is 13.1 Å². The Morgan fingerprint density at radius 3 is 2.59 bits per heavy atom. The molecule has 2 fully saturated rings. The van der Waals surface area contributed by atoms with Gasteiger partial charge in [-0.1, -0.05) is 6.07 Å². The zero-order valence-corrected chi connectivity index (χ0v) is 13.1. The van der Waals surface area contributed by atoms with E-state index in [1.807, 2.05) is 0 Å². The third kappa shape index (κ3) is 3.66. The number of carbonyl (C=O) groups excluding carboxylic acids is 1. The third-order valence-corrected chi connectivity index (χ3v) is 5.59. The van der Waals surface area contributed by atoms with E-state index in [4.69, 9.17) is 5.73 Å². The van der Waals surface area contributed by atoms with Crippen LogP contribution in [0.2, 0.25) is 0 Å². The molecule has 0 radical (unpaired) electrons. The number of carbonyl (C=O) groups is 1. The van der Waals surface area contributed by atoms with Gasteiger partial charge in [-0.05, 0) is 49.8 Å². The van der Waals surface area contributed by atoms with Crippen molar-refractivity contribution in [2.45, 2.75) is 42.7 Å². The average Bonchev–Trinajstić information content (AvgIpc) is 3.38. The summed E-state index contributed by atoms with van der Waals surface area (Å²) in [5, 5.41) is 2.90. The molecule has 0 bridgehead atoms. The van der Waals surface area contributed by atoms with Crippen LogP contribution in [0.4, 0.5) is 0 Å². The molecule has 2 aliphatic rings. The lowest BCUT2D eigenvalue weighted by atomic mass is 10.1. The van der Waals surface area contributed by atoms with Crippen LogP contribution in [0.3, 0.4) is 0 Å². The van der Waals surface area contributed by atoms with E-state index in [0.717, 1.165) is 25.7 Å².